The quantitative estimate of drug-likeness (QED) is 0.818. The fourth-order valence-corrected chi connectivity index (χ4v) is 4.35. The van der Waals surface area contributed by atoms with Crippen molar-refractivity contribution in [1.82, 2.24) is 9.80 Å². The van der Waals surface area contributed by atoms with Gasteiger partial charge in [0.15, 0.2) is 0 Å². The summed E-state index contributed by atoms with van der Waals surface area (Å²) < 4.78 is 11.2. The van der Waals surface area contributed by atoms with E-state index in [0.717, 1.165) is 70.6 Å². The van der Waals surface area contributed by atoms with E-state index in [2.05, 4.69) is 23.1 Å². The maximum absolute atomic E-state index is 12.9. The number of carbonyl (C=O) groups excluding carboxylic acids is 1. The van der Waals surface area contributed by atoms with Gasteiger partial charge >= 0.3 is 0 Å². The van der Waals surface area contributed by atoms with Gasteiger partial charge in [-0.2, -0.15) is 0 Å². The van der Waals surface area contributed by atoms with Gasteiger partial charge in [0, 0.05) is 39.7 Å². The Labute approximate surface area is 149 Å². The lowest BCUT2D eigenvalue weighted by atomic mass is 10.1. The molecule has 0 radical (unpaired) electrons. The van der Waals surface area contributed by atoms with Crippen molar-refractivity contribution < 1.29 is 14.3 Å². The van der Waals surface area contributed by atoms with Crippen LogP contribution in [0.15, 0.2) is 18.2 Å². The topological polar surface area (TPSA) is 42.0 Å². The highest BCUT2D eigenvalue weighted by Gasteiger charge is 2.39. The predicted molar refractivity (Wildman–Crippen MR) is 95.9 cm³/mol. The second kappa shape index (κ2) is 7.34. The molecule has 2 saturated heterocycles. The first kappa shape index (κ1) is 16.9. The Morgan fingerprint density at radius 3 is 2.96 bits per heavy atom. The Kier molecular flexibility index (Phi) is 4.95. The van der Waals surface area contributed by atoms with E-state index in [4.69, 9.17) is 9.47 Å². The first-order chi connectivity index (χ1) is 12.2. The molecule has 136 valence electrons. The summed E-state index contributed by atoms with van der Waals surface area (Å²) in [4.78, 5) is 17.3. The van der Waals surface area contributed by atoms with Crippen LogP contribution in [0.4, 0.5) is 0 Å². The molecule has 2 fully saturated rings. The second-order valence-electron chi connectivity index (χ2n) is 7.43. The third-order valence-electron chi connectivity index (χ3n) is 5.84. The lowest BCUT2D eigenvalue weighted by Crippen LogP contribution is -2.45. The number of fused-ring (bicyclic) bond motifs is 1. The van der Waals surface area contributed by atoms with Gasteiger partial charge in [-0.3, -0.25) is 9.69 Å². The standard InChI is InChI=1S/C20H28N2O3/c1-24-17-13-18(20(23)21-8-2-3-9-21)22(14-17)10-6-15-4-5-19-16(12-15)7-11-25-19/h4-5,12,17-18H,2-3,6-11,13-14H2,1H3/t17-,18-/m0/s1. The van der Waals surface area contributed by atoms with E-state index < -0.39 is 0 Å². The molecule has 0 unspecified atom stereocenters. The van der Waals surface area contributed by atoms with Crippen molar-refractivity contribution >= 4 is 5.91 Å². The third-order valence-corrected chi connectivity index (χ3v) is 5.84. The maximum atomic E-state index is 12.9. The molecule has 0 spiro atoms. The number of carbonyl (C=O) groups is 1. The molecule has 4 rings (SSSR count). The summed E-state index contributed by atoms with van der Waals surface area (Å²) in [6.07, 6.45) is 5.25. The zero-order valence-corrected chi connectivity index (χ0v) is 15.1. The summed E-state index contributed by atoms with van der Waals surface area (Å²) >= 11 is 0. The molecule has 3 heterocycles. The van der Waals surface area contributed by atoms with Gasteiger partial charge in [0.25, 0.3) is 0 Å². The van der Waals surface area contributed by atoms with Crippen LogP contribution >= 0.6 is 0 Å². The zero-order valence-electron chi connectivity index (χ0n) is 15.1. The number of hydrogen-bond acceptors (Lipinski definition) is 4. The Hall–Kier alpha value is -1.59. The van der Waals surface area contributed by atoms with Gasteiger partial charge in [-0.25, -0.2) is 0 Å². The molecule has 1 amide bonds. The SMILES string of the molecule is CO[C@H]1C[C@@H](C(=O)N2CCCC2)N(CCc2ccc3c(c2)CCO3)C1. The maximum Gasteiger partial charge on any atom is 0.240 e. The first-order valence-electron chi connectivity index (χ1n) is 9.55. The fraction of sp³-hybridized carbons (Fsp3) is 0.650. The summed E-state index contributed by atoms with van der Waals surface area (Å²) in [5.41, 5.74) is 2.65. The molecule has 5 heteroatoms. The smallest absolute Gasteiger partial charge is 0.240 e. The normalized spacial score (nSPS) is 26.0. The monoisotopic (exact) mass is 344 g/mol. The molecular weight excluding hydrogens is 316 g/mol. The van der Waals surface area contributed by atoms with Gasteiger partial charge < -0.3 is 14.4 Å². The average molecular weight is 344 g/mol. The van der Waals surface area contributed by atoms with Gasteiger partial charge in [0.2, 0.25) is 5.91 Å². The van der Waals surface area contributed by atoms with Crippen molar-refractivity contribution in [3.63, 3.8) is 0 Å². The van der Waals surface area contributed by atoms with E-state index >= 15 is 0 Å². The van der Waals surface area contributed by atoms with E-state index in [1.165, 1.54) is 11.1 Å². The number of benzene rings is 1. The minimum absolute atomic E-state index is 0.0131. The molecule has 0 bridgehead atoms. The average Bonchev–Trinajstić information content (AvgIpc) is 3.39. The molecule has 2 atom stereocenters. The number of ether oxygens (including phenoxy) is 2. The molecule has 3 aliphatic heterocycles. The number of methoxy groups -OCH3 is 1. The lowest BCUT2D eigenvalue weighted by molar-refractivity contribution is -0.134. The third kappa shape index (κ3) is 3.53. The number of hydrogen-bond donors (Lipinski definition) is 0. The number of likely N-dealkylation sites (tertiary alicyclic amines) is 2. The highest BCUT2D eigenvalue weighted by Crippen LogP contribution is 2.27. The molecule has 25 heavy (non-hydrogen) atoms. The van der Waals surface area contributed by atoms with Gasteiger partial charge in [-0.05, 0) is 42.9 Å². The number of amides is 1. The Morgan fingerprint density at radius 1 is 1.32 bits per heavy atom. The van der Waals surface area contributed by atoms with Crippen LogP contribution < -0.4 is 4.74 Å². The summed E-state index contributed by atoms with van der Waals surface area (Å²) in [7, 11) is 1.76. The Bertz CT molecular complexity index is 627. The lowest BCUT2D eigenvalue weighted by Gasteiger charge is -2.27. The van der Waals surface area contributed by atoms with Crippen LogP contribution in [0.25, 0.3) is 0 Å². The Balaban J connectivity index is 1.41. The van der Waals surface area contributed by atoms with Crippen LogP contribution in [0.3, 0.4) is 0 Å². The molecule has 0 N–H and O–H groups in total. The zero-order chi connectivity index (χ0) is 17.2. The molecule has 0 saturated carbocycles. The molecule has 1 aromatic rings. The van der Waals surface area contributed by atoms with Crippen molar-refractivity contribution in [2.45, 2.75) is 44.2 Å². The highest BCUT2D eigenvalue weighted by molar-refractivity contribution is 5.82. The van der Waals surface area contributed by atoms with Crippen LogP contribution in [-0.4, -0.2) is 67.7 Å². The molecule has 0 aromatic heterocycles. The summed E-state index contributed by atoms with van der Waals surface area (Å²) in [5.74, 6) is 1.34. The van der Waals surface area contributed by atoms with Crippen molar-refractivity contribution in [2.75, 3.05) is 39.9 Å². The molecule has 5 nitrogen and oxygen atoms in total. The van der Waals surface area contributed by atoms with Gasteiger partial charge in [0.05, 0.1) is 18.8 Å². The van der Waals surface area contributed by atoms with Gasteiger partial charge in [-0.1, -0.05) is 12.1 Å². The van der Waals surface area contributed by atoms with Crippen LogP contribution in [0.1, 0.15) is 30.4 Å². The molecule has 1 aromatic carbocycles. The molecular formula is C20H28N2O3. The van der Waals surface area contributed by atoms with E-state index in [1.54, 1.807) is 7.11 Å². The van der Waals surface area contributed by atoms with E-state index in [0.29, 0.717) is 5.91 Å². The second-order valence-corrected chi connectivity index (χ2v) is 7.43. The van der Waals surface area contributed by atoms with E-state index in [9.17, 15) is 4.79 Å². The molecule has 0 aliphatic carbocycles. The van der Waals surface area contributed by atoms with Crippen LogP contribution in [0, 0.1) is 0 Å². The van der Waals surface area contributed by atoms with E-state index in [1.807, 2.05) is 4.90 Å². The number of rotatable bonds is 5. The fourth-order valence-electron chi connectivity index (χ4n) is 4.35. The van der Waals surface area contributed by atoms with Crippen molar-refractivity contribution in [1.29, 1.82) is 0 Å². The number of nitrogens with zero attached hydrogens (tertiary/aromatic N) is 2. The summed E-state index contributed by atoms with van der Waals surface area (Å²) in [5, 5.41) is 0. The van der Waals surface area contributed by atoms with Crippen molar-refractivity contribution in [3.8, 4) is 5.75 Å². The summed E-state index contributed by atoms with van der Waals surface area (Å²) in [6, 6.07) is 6.50. The summed E-state index contributed by atoms with van der Waals surface area (Å²) in [6.45, 7) is 4.41. The predicted octanol–water partition coefficient (Wildman–Crippen LogP) is 1.88. The Morgan fingerprint density at radius 2 is 2.16 bits per heavy atom. The minimum atomic E-state index is -0.0131. The van der Waals surface area contributed by atoms with Crippen molar-refractivity contribution in [3.05, 3.63) is 29.3 Å². The highest BCUT2D eigenvalue weighted by atomic mass is 16.5. The molecule has 3 aliphatic rings. The first-order valence-corrected chi connectivity index (χ1v) is 9.55. The van der Waals surface area contributed by atoms with Crippen LogP contribution in [0.5, 0.6) is 5.75 Å². The van der Waals surface area contributed by atoms with Crippen molar-refractivity contribution in [2.24, 2.45) is 0 Å². The van der Waals surface area contributed by atoms with Gasteiger partial charge in [0.1, 0.15) is 5.75 Å². The largest absolute Gasteiger partial charge is 0.493 e. The van der Waals surface area contributed by atoms with Crippen LogP contribution in [0.2, 0.25) is 0 Å². The van der Waals surface area contributed by atoms with Gasteiger partial charge in [-0.15, -0.1) is 0 Å². The minimum Gasteiger partial charge on any atom is -0.493 e. The van der Waals surface area contributed by atoms with Crippen LogP contribution in [-0.2, 0) is 22.4 Å². The van der Waals surface area contributed by atoms with E-state index in [-0.39, 0.29) is 12.1 Å².